The number of fused-ring (bicyclic) bond motifs is 1. The summed E-state index contributed by atoms with van der Waals surface area (Å²) in [5.41, 5.74) is 7.45. The van der Waals surface area contributed by atoms with E-state index in [2.05, 4.69) is 12.2 Å². The molecular weight excluding hydrogens is 378 g/mol. The highest BCUT2D eigenvalue weighted by Gasteiger charge is 2.28. The quantitative estimate of drug-likeness (QED) is 0.557. The molecule has 7 nitrogen and oxygen atoms in total. The number of carbonyl (C=O) groups is 2. The number of thiophene rings is 1. The molecule has 0 aliphatic heterocycles. The molecule has 0 saturated carbocycles. The Kier molecular flexibility index (Phi) is 5.79. The molecule has 0 spiro atoms. The number of nitro groups is 1. The van der Waals surface area contributed by atoms with Gasteiger partial charge >= 0.3 is 0 Å². The van der Waals surface area contributed by atoms with Gasteiger partial charge in [0, 0.05) is 22.1 Å². The second kappa shape index (κ2) is 8.10. The van der Waals surface area contributed by atoms with Crippen LogP contribution in [0.4, 0.5) is 10.7 Å². The van der Waals surface area contributed by atoms with Gasteiger partial charge in [0.05, 0.1) is 10.5 Å². The molecule has 28 heavy (non-hydrogen) atoms. The number of carbonyl (C=O) groups excluding carboxylic acids is 2. The predicted octanol–water partition coefficient (Wildman–Crippen LogP) is 4.22. The number of nitrogens with one attached hydrogen (secondary N) is 1. The average Bonchev–Trinajstić information content (AvgIpc) is 2.99. The van der Waals surface area contributed by atoms with Crippen LogP contribution in [-0.4, -0.2) is 16.7 Å². The van der Waals surface area contributed by atoms with E-state index in [-0.39, 0.29) is 11.3 Å². The zero-order valence-corrected chi connectivity index (χ0v) is 16.7. The van der Waals surface area contributed by atoms with Crippen molar-refractivity contribution in [1.29, 1.82) is 0 Å². The van der Waals surface area contributed by atoms with Gasteiger partial charge in [0.25, 0.3) is 17.5 Å². The molecule has 0 fully saturated rings. The minimum absolute atomic E-state index is 0.115. The fraction of sp³-hybridized carbons (Fsp3) is 0.400. The van der Waals surface area contributed by atoms with Gasteiger partial charge in [-0.05, 0) is 43.7 Å². The van der Waals surface area contributed by atoms with Gasteiger partial charge in [-0.1, -0.05) is 25.8 Å². The summed E-state index contributed by atoms with van der Waals surface area (Å²) in [7, 11) is 0. The number of hydrogen-bond donors (Lipinski definition) is 2. The van der Waals surface area contributed by atoms with Gasteiger partial charge in [0.1, 0.15) is 5.00 Å². The van der Waals surface area contributed by atoms with Crippen LogP contribution in [-0.2, 0) is 12.8 Å². The number of rotatable bonds is 6. The summed E-state index contributed by atoms with van der Waals surface area (Å²) in [4.78, 5) is 36.4. The zero-order valence-electron chi connectivity index (χ0n) is 15.9. The van der Waals surface area contributed by atoms with E-state index in [1.54, 1.807) is 6.92 Å². The molecular formula is C20H23N3O4S. The zero-order chi connectivity index (χ0) is 20.4. The maximum Gasteiger partial charge on any atom is 0.273 e. The predicted molar refractivity (Wildman–Crippen MR) is 109 cm³/mol. The Balaban J connectivity index is 1.90. The molecule has 1 unspecified atom stereocenters. The monoisotopic (exact) mass is 401 g/mol. The summed E-state index contributed by atoms with van der Waals surface area (Å²) >= 11 is 1.39. The van der Waals surface area contributed by atoms with E-state index in [4.69, 9.17) is 5.73 Å². The first kappa shape index (κ1) is 20.0. The first-order chi connectivity index (χ1) is 13.3. The minimum atomic E-state index is -0.559. The van der Waals surface area contributed by atoms with Crippen LogP contribution in [0.2, 0.25) is 0 Å². The summed E-state index contributed by atoms with van der Waals surface area (Å²) < 4.78 is 0. The van der Waals surface area contributed by atoms with Crippen molar-refractivity contribution in [2.45, 2.75) is 46.0 Å². The second-order valence-corrected chi connectivity index (χ2v) is 8.29. The fourth-order valence-electron chi connectivity index (χ4n) is 3.78. The van der Waals surface area contributed by atoms with Crippen molar-refractivity contribution in [2.24, 2.45) is 11.7 Å². The third kappa shape index (κ3) is 3.91. The number of benzene rings is 1. The van der Waals surface area contributed by atoms with Gasteiger partial charge in [-0.3, -0.25) is 19.7 Å². The van der Waals surface area contributed by atoms with Crippen molar-refractivity contribution in [3.05, 3.63) is 55.4 Å². The number of primary amides is 1. The molecule has 1 aromatic heterocycles. The Morgan fingerprint density at radius 3 is 2.79 bits per heavy atom. The first-order valence-corrected chi connectivity index (χ1v) is 10.1. The number of nitro benzene ring substituents is 1. The summed E-state index contributed by atoms with van der Waals surface area (Å²) in [5, 5.41) is 14.3. The van der Waals surface area contributed by atoms with Crippen LogP contribution in [0.15, 0.2) is 18.2 Å². The lowest BCUT2D eigenvalue weighted by atomic mass is 9.84. The number of hydrogen-bond acceptors (Lipinski definition) is 5. The molecule has 3 N–H and O–H groups in total. The van der Waals surface area contributed by atoms with Gasteiger partial charge in [-0.15, -0.1) is 11.3 Å². The van der Waals surface area contributed by atoms with Crippen LogP contribution >= 0.6 is 11.3 Å². The summed E-state index contributed by atoms with van der Waals surface area (Å²) in [6.07, 6.45) is 4.93. The molecule has 0 saturated heterocycles. The number of aryl methyl sites for hydroxylation is 1. The smallest absolute Gasteiger partial charge is 0.273 e. The minimum Gasteiger partial charge on any atom is -0.365 e. The van der Waals surface area contributed by atoms with Gasteiger partial charge in [0.2, 0.25) is 0 Å². The standard InChI is InChI=1S/C20H23N3O4S/c1-3-4-12-6-8-14-16(9-12)28-20(17(14)18(21)24)22-19(25)13-7-5-11(2)15(10-13)23(26)27/h5,7,10,12H,3-4,6,8-9H2,1-2H3,(H2,21,24)(H,22,25). The van der Waals surface area contributed by atoms with E-state index in [9.17, 15) is 19.7 Å². The molecule has 148 valence electrons. The normalized spacial score (nSPS) is 15.7. The van der Waals surface area contributed by atoms with Crippen molar-refractivity contribution in [3.8, 4) is 0 Å². The summed E-state index contributed by atoms with van der Waals surface area (Å²) in [6.45, 7) is 3.77. The van der Waals surface area contributed by atoms with E-state index in [0.29, 0.717) is 22.0 Å². The van der Waals surface area contributed by atoms with Crippen molar-refractivity contribution >= 4 is 33.8 Å². The number of nitrogens with zero attached hydrogens (tertiary/aromatic N) is 1. The summed E-state index contributed by atoms with van der Waals surface area (Å²) in [6, 6.07) is 4.32. The fourth-order valence-corrected chi connectivity index (χ4v) is 5.14. The van der Waals surface area contributed by atoms with Crippen LogP contribution in [0.3, 0.4) is 0 Å². The topological polar surface area (TPSA) is 115 Å². The number of nitrogens with two attached hydrogens (primary N) is 1. The average molecular weight is 401 g/mol. The number of anilines is 1. The Morgan fingerprint density at radius 2 is 2.14 bits per heavy atom. The highest BCUT2D eigenvalue weighted by atomic mass is 32.1. The van der Waals surface area contributed by atoms with E-state index in [1.807, 2.05) is 0 Å². The molecule has 1 heterocycles. The second-order valence-electron chi connectivity index (χ2n) is 7.18. The Labute approximate surface area is 167 Å². The Hall–Kier alpha value is -2.74. The van der Waals surface area contributed by atoms with E-state index < -0.39 is 16.7 Å². The highest BCUT2D eigenvalue weighted by Crippen LogP contribution is 2.40. The SMILES string of the molecule is CCCC1CCc2c(sc(NC(=O)c3ccc(C)c([N+](=O)[O-])c3)c2C(N)=O)C1. The molecule has 1 aliphatic carbocycles. The van der Waals surface area contributed by atoms with Crippen LogP contribution in [0.25, 0.3) is 0 Å². The maximum absolute atomic E-state index is 12.7. The molecule has 2 aromatic rings. The van der Waals surface area contributed by atoms with E-state index in [0.717, 1.165) is 42.5 Å². The van der Waals surface area contributed by atoms with Crippen LogP contribution < -0.4 is 11.1 Å². The van der Waals surface area contributed by atoms with E-state index >= 15 is 0 Å². The Bertz CT molecular complexity index is 951. The molecule has 1 aliphatic rings. The third-order valence-corrected chi connectivity index (χ3v) is 6.38. The molecule has 1 aromatic carbocycles. The molecule has 0 radical (unpaired) electrons. The maximum atomic E-state index is 12.7. The van der Waals surface area contributed by atoms with Gasteiger partial charge < -0.3 is 11.1 Å². The Morgan fingerprint density at radius 1 is 1.39 bits per heavy atom. The summed E-state index contributed by atoms with van der Waals surface area (Å²) in [5.74, 6) is -0.467. The van der Waals surface area contributed by atoms with Crippen molar-refractivity contribution in [2.75, 3.05) is 5.32 Å². The van der Waals surface area contributed by atoms with Gasteiger partial charge in [-0.25, -0.2) is 0 Å². The molecule has 0 bridgehead atoms. The van der Waals surface area contributed by atoms with Crippen LogP contribution in [0, 0.1) is 23.0 Å². The van der Waals surface area contributed by atoms with Crippen molar-refractivity contribution in [1.82, 2.24) is 0 Å². The van der Waals surface area contributed by atoms with E-state index in [1.165, 1.54) is 29.5 Å². The third-order valence-electron chi connectivity index (χ3n) is 5.21. The van der Waals surface area contributed by atoms with Gasteiger partial charge in [-0.2, -0.15) is 0 Å². The van der Waals surface area contributed by atoms with Crippen LogP contribution in [0.5, 0.6) is 0 Å². The number of amides is 2. The van der Waals surface area contributed by atoms with Crippen molar-refractivity contribution in [3.63, 3.8) is 0 Å². The highest BCUT2D eigenvalue weighted by molar-refractivity contribution is 7.17. The lowest BCUT2D eigenvalue weighted by Crippen LogP contribution is -2.20. The molecule has 8 heteroatoms. The largest absolute Gasteiger partial charge is 0.365 e. The van der Waals surface area contributed by atoms with Crippen molar-refractivity contribution < 1.29 is 14.5 Å². The van der Waals surface area contributed by atoms with Gasteiger partial charge in [0.15, 0.2) is 0 Å². The lowest BCUT2D eigenvalue weighted by molar-refractivity contribution is -0.385. The first-order valence-electron chi connectivity index (χ1n) is 9.32. The lowest BCUT2D eigenvalue weighted by Gasteiger charge is -2.21. The molecule has 3 rings (SSSR count). The molecule has 2 amide bonds. The molecule has 1 atom stereocenters. The van der Waals surface area contributed by atoms with Crippen LogP contribution in [0.1, 0.15) is 62.9 Å².